The van der Waals surface area contributed by atoms with Gasteiger partial charge in [0.2, 0.25) is 0 Å². The Morgan fingerprint density at radius 2 is 1.65 bits per heavy atom. The fourth-order valence-electron chi connectivity index (χ4n) is 1.43. The van der Waals surface area contributed by atoms with Crippen LogP contribution in [0.25, 0.3) is 0 Å². The lowest BCUT2D eigenvalue weighted by atomic mass is 10.2. The van der Waals surface area contributed by atoms with Crippen molar-refractivity contribution in [2.24, 2.45) is 0 Å². The van der Waals surface area contributed by atoms with E-state index in [1.54, 1.807) is 20.8 Å². The van der Waals surface area contributed by atoms with Crippen LogP contribution >= 0.6 is 0 Å². The van der Waals surface area contributed by atoms with Crippen LogP contribution < -0.4 is 0 Å². The van der Waals surface area contributed by atoms with Gasteiger partial charge in [0.15, 0.2) is 8.24 Å². The predicted molar refractivity (Wildman–Crippen MR) is 68.5 cm³/mol. The van der Waals surface area contributed by atoms with Gasteiger partial charge in [-0.3, -0.25) is 4.79 Å². The Hall–Kier alpha value is -1.04. The fraction of sp³-hybridized carbons (Fsp3) is 0.818. The molecule has 0 aromatic carbocycles. The number of carbonyl (C=O) groups excluding carboxylic acids is 1. The Morgan fingerprint density at radius 1 is 1.24 bits per heavy atom. The van der Waals surface area contributed by atoms with E-state index in [9.17, 15) is 9.59 Å². The zero-order chi connectivity index (χ0) is 14.0. The second-order valence-electron chi connectivity index (χ2n) is 6.04. The van der Waals surface area contributed by atoms with Gasteiger partial charge >= 0.3 is 12.1 Å². The lowest BCUT2D eigenvalue weighted by molar-refractivity contribution is -0.141. The van der Waals surface area contributed by atoms with E-state index < -0.39 is 31.9 Å². The van der Waals surface area contributed by atoms with Gasteiger partial charge in [-0.25, -0.2) is 4.79 Å². The Kier molecular flexibility index (Phi) is 4.76. The number of hydrogen-bond donors (Lipinski definition) is 1. The summed E-state index contributed by atoms with van der Waals surface area (Å²) >= 11 is 0. The summed E-state index contributed by atoms with van der Waals surface area (Å²) in [6.07, 6.45) is -0.549. The number of aliphatic carboxylic acids is 1. The third kappa shape index (κ3) is 5.21. The van der Waals surface area contributed by atoms with Crippen LogP contribution in [0.2, 0.25) is 19.6 Å². The van der Waals surface area contributed by atoms with Gasteiger partial charge in [0.1, 0.15) is 11.6 Å². The molecule has 0 aromatic rings. The van der Waals surface area contributed by atoms with Crippen molar-refractivity contribution in [3.8, 4) is 0 Å². The first-order valence-corrected chi connectivity index (χ1v) is 9.06. The Balaban J connectivity index is 5.09. The minimum absolute atomic E-state index is 0.549. The normalized spacial score (nSPS) is 14.1. The Bertz CT molecular complexity index is 304. The van der Waals surface area contributed by atoms with E-state index in [0.29, 0.717) is 0 Å². The lowest BCUT2D eigenvalue weighted by Crippen LogP contribution is -2.57. The molecule has 6 heteroatoms. The maximum atomic E-state index is 12.0. The highest BCUT2D eigenvalue weighted by Crippen LogP contribution is 2.19. The van der Waals surface area contributed by atoms with E-state index >= 15 is 0 Å². The van der Waals surface area contributed by atoms with Crippen molar-refractivity contribution < 1.29 is 19.4 Å². The van der Waals surface area contributed by atoms with E-state index in [2.05, 4.69) is 0 Å². The molecule has 0 aliphatic rings. The predicted octanol–water partition coefficient (Wildman–Crippen LogP) is 2.53. The molecule has 0 fully saturated rings. The van der Waals surface area contributed by atoms with Crippen molar-refractivity contribution in [3.63, 3.8) is 0 Å². The number of nitrogens with zero attached hydrogens (tertiary/aromatic N) is 1. The summed E-state index contributed by atoms with van der Waals surface area (Å²) in [5, 5.41) is 9.04. The second kappa shape index (κ2) is 5.08. The van der Waals surface area contributed by atoms with Crippen LogP contribution in [-0.2, 0) is 9.53 Å². The van der Waals surface area contributed by atoms with Crippen LogP contribution in [0.1, 0.15) is 27.7 Å². The molecule has 0 aliphatic heterocycles. The monoisotopic (exact) mass is 261 g/mol. The van der Waals surface area contributed by atoms with Gasteiger partial charge in [-0.2, -0.15) is 0 Å². The first-order chi connectivity index (χ1) is 7.36. The molecule has 0 unspecified atom stereocenters. The number of ether oxygens (including phenoxy) is 1. The van der Waals surface area contributed by atoms with E-state index in [1.165, 1.54) is 11.5 Å². The number of amides is 1. The molecule has 1 N–H and O–H groups in total. The Morgan fingerprint density at radius 3 is 1.88 bits per heavy atom. The number of carboxylic acids is 1. The molecule has 0 heterocycles. The quantitative estimate of drug-likeness (QED) is 0.793. The molecule has 0 radical (unpaired) electrons. The summed E-state index contributed by atoms with van der Waals surface area (Å²) in [6.45, 7) is 12.5. The van der Waals surface area contributed by atoms with Gasteiger partial charge in [0, 0.05) is 0 Å². The van der Waals surface area contributed by atoms with E-state index in [0.717, 1.165) is 0 Å². The lowest BCUT2D eigenvalue weighted by Gasteiger charge is -2.38. The number of rotatable bonds is 3. The molecule has 100 valence electrons. The molecule has 0 saturated carbocycles. The van der Waals surface area contributed by atoms with Crippen molar-refractivity contribution in [2.45, 2.75) is 59.0 Å². The molecule has 17 heavy (non-hydrogen) atoms. The van der Waals surface area contributed by atoms with Gasteiger partial charge in [0.05, 0.1) is 0 Å². The van der Waals surface area contributed by atoms with Crippen LogP contribution in [0.15, 0.2) is 0 Å². The first-order valence-electron chi connectivity index (χ1n) is 5.61. The van der Waals surface area contributed by atoms with Crippen LogP contribution in [0.4, 0.5) is 4.79 Å². The molecule has 0 aromatic heterocycles. The van der Waals surface area contributed by atoms with Crippen molar-refractivity contribution in [1.82, 2.24) is 4.57 Å². The molecule has 0 bridgehead atoms. The van der Waals surface area contributed by atoms with Crippen molar-refractivity contribution in [3.05, 3.63) is 0 Å². The van der Waals surface area contributed by atoms with Crippen molar-refractivity contribution in [2.75, 3.05) is 0 Å². The summed E-state index contributed by atoms with van der Waals surface area (Å²) in [7, 11) is -2.10. The molecule has 0 saturated heterocycles. The average Bonchev–Trinajstić information content (AvgIpc) is 1.96. The summed E-state index contributed by atoms with van der Waals surface area (Å²) in [5.41, 5.74) is -0.618. The van der Waals surface area contributed by atoms with Crippen LogP contribution in [-0.4, -0.2) is 41.6 Å². The summed E-state index contributed by atoms with van der Waals surface area (Å²) in [5.74, 6) is -1.02. The van der Waals surface area contributed by atoms with E-state index in [4.69, 9.17) is 9.84 Å². The summed E-state index contributed by atoms with van der Waals surface area (Å²) < 4.78 is 6.63. The second-order valence-corrected chi connectivity index (χ2v) is 10.9. The van der Waals surface area contributed by atoms with Gasteiger partial charge in [0.25, 0.3) is 0 Å². The Labute approximate surface area is 104 Å². The number of hydrogen-bond acceptors (Lipinski definition) is 3. The molecular weight excluding hydrogens is 238 g/mol. The van der Waals surface area contributed by atoms with Gasteiger partial charge in [-0.15, -0.1) is 0 Å². The van der Waals surface area contributed by atoms with Crippen LogP contribution in [0, 0.1) is 0 Å². The summed E-state index contributed by atoms with van der Waals surface area (Å²) in [4.78, 5) is 23.1. The molecule has 1 amide bonds. The minimum atomic E-state index is -2.10. The first kappa shape index (κ1) is 16.0. The van der Waals surface area contributed by atoms with E-state index in [-0.39, 0.29) is 0 Å². The molecule has 5 nitrogen and oxygen atoms in total. The number of carbonyl (C=O) groups is 2. The highest BCUT2D eigenvalue weighted by molar-refractivity contribution is 6.75. The minimum Gasteiger partial charge on any atom is -0.480 e. The van der Waals surface area contributed by atoms with Crippen molar-refractivity contribution >= 4 is 20.3 Å². The van der Waals surface area contributed by atoms with Crippen LogP contribution in [0.5, 0.6) is 0 Å². The summed E-state index contributed by atoms with van der Waals surface area (Å²) in [6, 6.07) is -0.864. The maximum absolute atomic E-state index is 12.0. The molecule has 1 atom stereocenters. The molecule has 0 spiro atoms. The molecule has 0 rings (SSSR count). The highest BCUT2D eigenvalue weighted by atomic mass is 28.3. The third-order valence-electron chi connectivity index (χ3n) is 2.06. The third-order valence-corrected chi connectivity index (χ3v) is 4.07. The SMILES string of the molecule is C[C@@H](C(=O)O)N(C(=O)OC(C)(C)C)[Si](C)(C)C. The van der Waals surface area contributed by atoms with Crippen LogP contribution in [0.3, 0.4) is 0 Å². The fourth-order valence-corrected chi connectivity index (χ4v) is 3.30. The average molecular weight is 261 g/mol. The molecular formula is C11H23NO4Si. The largest absolute Gasteiger partial charge is 0.480 e. The molecule has 0 aliphatic carbocycles. The maximum Gasteiger partial charge on any atom is 0.402 e. The standard InChI is InChI=1S/C11H23NO4Si/c1-8(9(13)14)12(17(5,6)7)10(15)16-11(2,3)4/h8H,1-7H3,(H,13,14)/t8-/m0/s1. The smallest absolute Gasteiger partial charge is 0.402 e. The number of carboxylic acid groups (broad SMARTS) is 1. The topological polar surface area (TPSA) is 66.8 Å². The van der Waals surface area contributed by atoms with E-state index in [1.807, 2.05) is 19.6 Å². The van der Waals surface area contributed by atoms with Gasteiger partial charge < -0.3 is 14.4 Å². The highest BCUT2D eigenvalue weighted by Gasteiger charge is 2.38. The van der Waals surface area contributed by atoms with Crippen molar-refractivity contribution in [1.29, 1.82) is 0 Å². The van der Waals surface area contributed by atoms with Gasteiger partial charge in [-0.05, 0) is 27.7 Å². The van der Waals surface area contributed by atoms with Gasteiger partial charge in [-0.1, -0.05) is 19.6 Å². The zero-order valence-electron chi connectivity index (χ0n) is 11.7. The zero-order valence-corrected chi connectivity index (χ0v) is 12.7.